The van der Waals surface area contributed by atoms with E-state index in [1.807, 2.05) is 11.8 Å². The molecule has 0 radical (unpaired) electrons. The van der Waals surface area contributed by atoms with Crippen LogP contribution >= 0.6 is 0 Å². The lowest BCUT2D eigenvalue weighted by molar-refractivity contribution is 0.0630. The van der Waals surface area contributed by atoms with Crippen LogP contribution in [0, 0.1) is 0 Å². The number of nitrogens with two attached hydrogens (primary N) is 1. The van der Waals surface area contributed by atoms with Gasteiger partial charge in [0.2, 0.25) is 0 Å². The number of hydrogen-bond acceptors (Lipinski definition) is 4. The number of nitrogens with zero attached hydrogens (tertiary/aromatic N) is 2. The molecule has 2 N–H and O–H groups in total. The number of carbonyl (C=O) groups excluding carboxylic acids is 1. The van der Waals surface area contributed by atoms with Gasteiger partial charge in [-0.05, 0) is 32.6 Å². The number of hydrogen-bond donors (Lipinski definition) is 1. The van der Waals surface area contributed by atoms with Crippen molar-refractivity contribution in [2.45, 2.75) is 44.7 Å². The van der Waals surface area contributed by atoms with E-state index in [0.717, 1.165) is 25.7 Å². The molecule has 0 aliphatic heterocycles. The van der Waals surface area contributed by atoms with Crippen molar-refractivity contribution < 1.29 is 9.32 Å². The Morgan fingerprint density at radius 2 is 2.24 bits per heavy atom. The quantitative estimate of drug-likeness (QED) is 0.862. The van der Waals surface area contributed by atoms with Crippen LogP contribution in [0.1, 0.15) is 43.1 Å². The van der Waals surface area contributed by atoms with Crippen molar-refractivity contribution in [1.82, 2.24) is 10.1 Å². The van der Waals surface area contributed by atoms with E-state index in [0.29, 0.717) is 24.3 Å². The molecule has 2 rings (SSSR count). The van der Waals surface area contributed by atoms with Crippen LogP contribution in [0.5, 0.6) is 0 Å². The minimum absolute atomic E-state index is 0.0401. The van der Waals surface area contributed by atoms with E-state index in [1.165, 1.54) is 6.26 Å². The van der Waals surface area contributed by atoms with Gasteiger partial charge in [0.1, 0.15) is 6.26 Å². The Balaban J connectivity index is 2.03. The van der Waals surface area contributed by atoms with Gasteiger partial charge in [-0.15, -0.1) is 0 Å². The van der Waals surface area contributed by atoms with Gasteiger partial charge in [0, 0.05) is 24.7 Å². The van der Waals surface area contributed by atoms with Crippen molar-refractivity contribution in [1.29, 1.82) is 0 Å². The molecule has 0 aromatic carbocycles. The molecule has 0 spiro atoms. The lowest BCUT2D eigenvalue weighted by Gasteiger charge is -2.35. The second-order valence-corrected chi connectivity index (χ2v) is 4.54. The summed E-state index contributed by atoms with van der Waals surface area (Å²) in [5.41, 5.74) is 6.27. The summed E-state index contributed by atoms with van der Waals surface area (Å²) in [5, 5.41) is 3.70. The zero-order valence-electron chi connectivity index (χ0n) is 10.1. The average molecular weight is 237 g/mol. The second kappa shape index (κ2) is 5.31. The van der Waals surface area contributed by atoms with Gasteiger partial charge in [-0.2, -0.15) is 0 Å². The summed E-state index contributed by atoms with van der Waals surface area (Å²) < 4.78 is 4.72. The monoisotopic (exact) mass is 237 g/mol. The van der Waals surface area contributed by atoms with E-state index < -0.39 is 0 Å². The molecule has 5 nitrogen and oxygen atoms in total. The average Bonchev–Trinajstić information content (AvgIpc) is 2.86. The van der Waals surface area contributed by atoms with E-state index >= 15 is 0 Å². The first-order chi connectivity index (χ1) is 8.22. The van der Waals surface area contributed by atoms with Crippen LogP contribution < -0.4 is 5.73 Å². The van der Waals surface area contributed by atoms with Crippen LogP contribution in [0.3, 0.4) is 0 Å². The van der Waals surface area contributed by atoms with Crippen molar-refractivity contribution in [3.05, 3.63) is 18.0 Å². The molecule has 1 heterocycles. The molecule has 0 saturated heterocycles. The van der Waals surface area contributed by atoms with Gasteiger partial charge >= 0.3 is 0 Å². The van der Waals surface area contributed by atoms with Crippen LogP contribution in [0.15, 0.2) is 16.9 Å². The van der Waals surface area contributed by atoms with Crippen molar-refractivity contribution in [3.63, 3.8) is 0 Å². The number of amides is 1. The third-order valence-electron chi connectivity index (χ3n) is 3.44. The zero-order valence-corrected chi connectivity index (χ0v) is 10.1. The summed E-state index contributed by atoms with van der Waals surface area (Å²) >= 11 is 0. The van der Waals surface area contributed by atoms with E-state index in [1.54, 1.807) is 6.07 Å². The Morgan fingerprint density at radius 3 is 2.76 bits per heavy atom. The fourth-order valence-corrected chi connectivity index (χ4v) is 2.45. The largest absolute Gasteiger partial charge is 0.364 e. The Kier molecular flexibility index (Phi) is 3.78. The van der Waals surface area contributed by atoms with Crippen LogP contribution in [0.25, 0.3) is 0 Å². The fraction of sp³-hybridized carbons (Fsp3) is 0.667. The van der Waals surface area contributed by atoms with E-state index in [-0.39, 0.29) is 5.91 Å². The van der Waals surface area contributed by atoms with Crippen LogP contribution in [-0.4, -0.2) is 34.6 Å². The first kappa shape index (κ1) is 12.1. The smallest absolute Gasteiger partial charge is 0.276 e. The highest BCUT2D eigenvalue weighted by atomic mass is 16.5. The molecule has 1 aromatic heterocycles. The topological polar surface area (TPSA) is 72.4 Å². The van der Waals surface area contributed by atoms with Gasteiger partial charge in [0.15, 0.2) is 5.69 Å². The van der Waals surface area contributed by atoms with E-state index in [2.05, 4.69) is 5.16 Å². The molecule has 1 fully saturated rings. The highest BCUT2D eigenvalue weighted by Crippen LogP contribution is 2.23. The Bertz CT molecular complexity index is 356. The van der Waals surface area contributed by atoms with E-state index in [9.17, 15) is 4.79 Å². The van der Waals surface area contributed by atoms with Crippen LogP contribution in [0.2, 0.25) is 0 Å². The first-order valence-corrected chi connectivity index (χ1v) is 6.19. The highest BCUT2D eigenvalue weighted by Gasteiger charge is 2.28. The summed E-state index contributed by atoms with van der Waals surface area (Å²) in [4.78, 5) is 14.1. The molecule has 1 amide bonds. The summed E-state index contributed by atoms with van der Waals surface area (Å²) in [6.45, 7) is 2.69. The van der Waals surface area contributed by atoms with Gasteiger partial charge in [0.05, 0.1) is 0 Å². The highest BCUT2D eigenvalue weighted by molar-refractivity contribution is 5.92. The van der Waals surface area contributed by atoms with Gasteiger partial charge in [-0.1, -0.05) is 5.16 Å². The number of aromatic nitrogens is 1. The van der Waals surface area contributed by atoms with E-state index in [4.69, 9.17) is 10.3 Å². The minimum Gasteiger partial charge on any atom is -0.364 e. The molecule has 17 heavy (non-hydrogen) atoms. The maximum absolute atomic E-state index is 12.2. The Labute approximate surface area is 101 Å². The molecular weight excluding hydrogens is 218 g/mol. The summed E-state index contributed by atoms with van der Waals surface area (Å²) in [5.74, 6) is -0.0401. The van der Waals surface area contributed by atoms with Gasteiger partial charge in [0.25, 0.3) is 5.91 Å². The second-order valence-electron chi connectivity index (χ2n) is 4.54. The fourth-order valence-electron chi connectivity index (χ4n) is 2.45. The molecule has 0 bridgehead atoms. The van der Waals surface area contributed by atoms with Crippen molar-refractivity contribution >= 4 is 5.91 Å². The molecule has 1 saturated carbocycles. The zero-order chi connectivity index (χ0) is 12.3. The normalized spacial score (nSPS) is 24.6. The lowest BCUT2D eigenvalue weighted by atomic mass is 9.90. The number of carbonyl (C=O) groups is 1. The lowest BCUT2D eigenvalue weighted by Crippen LogP contribution is -2.44. The third kappa shape index (κ3) is 2.66. The van der Waals surface area contributed by atoms with Crippen molar-refractivity contribution in [2.24, 2.45) is 5.73 Å². The Morgan fingerprint density at radius 1 is 1.53 bits per heavy atom. The summed E-state index contributed by atoms with van der Waals surface area (Å²) in [7, 11) is 0. The first-order valence-electron chi connectivity index (χ1n) is 6.19. The molecule has 5 heteroatoms. The molecule has 1 aromatic rings. The molecule has 1 aliphatic rings. The summed E-state index contributed by atoms with van der Waals surface area (Å²) in [6, 6.07) is 2.20. The maximum atomic E-state index is 12.2. The number of rotatable bonds is 3. The minimum atomic E-state index is -0.0401. The van der Waals surface area contributed by atoms with Gasteiger partial charge in [-0.3, -0.25) is 4.79 Å². The molecular formula is C12H19N3O2. The van der Waals surface area contributed by atoms with Crippen molar-refractivity contribution in [2.75, 3.05) is 6.54 Å². The third-order valence-corrected chi connectivity index (χ3v) is 3.44. The predicted molar refractivity (Wildman–Crippen MR) is 63.4 cm³/mol. The molecule has 94 valence electrons. The van der Waals surface area contributed by atoms with Crippen LogP contribution in [0.4, 0.5) is 0 Å². The molecule has 0 unspecified atom stereocenters. The summed E-state index contributed by atoms with van der Waals surface area (Å²) in [6.07, 6.45) is 5.38. The van der Waals surface area contributed by atoms with Crippen LogP contribution in [-0.2, 0) is 0 Å². The standard InChI is InChI=1S/C12H19N3O2/c1-2-15(10-5-3-9(13)4-6-10)12(16)11-7-8-17-14-11/h7-10H,2-6,13H2,1H3. The SMILES string of the molecule is CCN(C(=O)c1ccon1)C1CCC(N)CC1. The molecule has 0 atom stereocenters. The maximum Gasteiger partial charge on any atom is 0.276 e. The van der Waals surface area contributed by atoms with Gasteiger partial charge < -0.3 is 15.2 Å². The predicted octanol–water partition coefficient (Wildman–Crippen LogP) is 1.41. The van der Waals surface area contributed by atoms with Crippen molar-refractivity contribution in [3.8, 4) is 0 Å². The van der Waals surface area contributed by atoms with Gasteiger partial charge in [-0.25, -0.2) is 0 Å². The molecule has 1 aliphatic carbocycles. The Hall–Kier alpha value is -1.36.